The molecule has 0 spiro atoms. The highest BCUT2D eigenvalue weighted by molar-refractivity contribution is 5.79. The summed E-state index contributed by atoms with van der Waals surface area (Å²) in [6, 6.07) is 4.02. The second-order valence-corrected chi connectivity index (χ2v) is 3.63. The molecule has 1 rings (SSSR count). The van der Waals surface area contributed by atoms with E-state index >= 15 is 0 Å². The normalized spacial score (nSPS) is 11.9. The quantitative estimate of drug-likeness (QED) is 0.573. The summed E-state index contributed by atoms with van der Waals surface area (Å²) >= 11 is 0. The van der Waals surface area contributed by atoms with E-state index in [9.17, 15) is 14.9 Å². The Morgan fingerprint density at radius 3 is 2.72 bits per heavy atom. The lowest BCUT2D eigenvalue weighted by Gasteiger charge is -2.14. The molecular weight excluding hydrogens is 240 g/mol. The highest BCUT2D eigenvalue weighted by Gasteiger charge is 2.21. The SMILES string of the molecule is CCC(Oc1ccc(CO)cc1[N+](=O)[O-])C(N)=O. The Labute approximate surface area is 103 Å². The van der Waals surface area contributed by atoms with Crippen LogP contribution in [-0.4, -0.2) is 22.0 Å². The van der Waals surface area contributed by atoms with E-state index in [-0.39, 0.29) is 18.0 Å². The smallest absolute Gasteiger partial charge is 0.311 e. The summed E-state index contributed by atoms with van der Waals surface area (Å²) < 4.78 is 5.22. The first-order valence-electron chi connectivity index (χ1n) is 5.33. The van der Waals surface area contributed by atoms with Gasteiger partial charge in [-0.1, -0.05) is 13.0 Å². The summed E-state index contributed by atoms with van der Waals surface area (Å²) in [5.41, 5.74) is 5.19. The number of aliphatic hydroxyl groups is 1. The van der Waals surface area contributed by atoms with Crippen molar-refractivity contribution in [3.8, 4) is 5.75 Å². The number of carbonyl (C=O) groups is 1. The highest BCUT2D eigenvalue weighted by Crippen LogP contribution is 2.29. The van der Waals surface area contributed by atoms with Crippen molar-refractivity contribution in [2.45, 2.75) is 26.1 Å². The number of nitrogens with zero attached hydrogens (tertiary/aromatic N) is 1. The third kappa shape index (κ3) is 3.17. The second-order valence-electron chi connectivity index (χ2n) is 3.63. The molecule has 18 heavy (non-hydrogen) atoms. The van der Waals surface area contributed by atoms with Crippen molar-refractivity contribution in [2.75, 3.05) is 0 Å². The molecule has 1 atom stereocenters. The number of hydrogen-bond donors (Lipinski definition) is 2. The fourth-order valence-corrected chi connectivity index (χ4v) is 1.40. The Kier molecular flexibility index (Phi) is 4.61. The molecule has 1 aromatic carbocycles. The Morgan fingerprint density at radius 2 is 2.28 bits per heavy atom. The third-order valence-electron chi connectivity index (χ3n) is 2.36. The number of primary amides is 1. The van der Waals surface area contributed by atoms with E-state index in [4.69, 9.17) is 15.6 Å². The molecule has 0 heterocycles. The van der Waals surface area contributed by atoms with Crippen molar-refractivity contribution in [1.82, 2.24) is 0 Å². The topological polar surface area (TPSA) is 116 Å². The van der Waals surface area contributed by atoms with Crippen LogP contribution in [0.3, 0.4) is 0 Å². The molecule has 1 unspecified atom stereocenters. The molecule has 1 aromatic rings. The van der Waals surface area contributed by atoms with Crippen molar-refractivity contribution < 1.29 is 19.6 Å². The van der Waals surface area contributed by atoms with Crippen molar-refractivity contribution in [3.63, 3.8) is 0 Å². The fraction of sp³-hybridized carbons (Fsp3) is 0.364. The zero-order chi connectivity index (χ0) is 13.7. The number of carbonyl (C=O) groups excluding carboxylic acids is 1. The Hall–Kier alpha value is -2.15. The second kappa shape index (κ2) is 5.97. The van der Waals surface area contributed by atoms with Gasteiger partial charge in [0.05, 0.1) is 11.5 Å². The molecule has 0 aliphatic heterocycles. The number of amides is 1. The zero-order valence-corrected chi connectivity index (χ0v) is 9.83. The Bertz CT molecular complexity index is 461. The van der Waals surface area contributed by atoms with Gasteiger partial charge in [-0.25, -0.2) is 0 Å². The molecule has 0 bridgehead atoms. The van der Waals surface area contributed by atoms with Gasteiger partial charge < -0.3 is 15.6 Å². The Morgan fingerprint density at radius 1 is 1.61 bits per heavy atom. The van der Waals surface area contributed by atoms with E-state index < -0.39 is 16.9 Å². The summed E-state index contributed by atoms with van der Waals surface area (Å²) in [5, 5.41) is 19.8. The fourth-order valence-electron chi connectivity index (χ4n) is 1.40. The molecule has 0 aromatic heterocycles. The van der Waals surface area contributed by atoms with Gasteiger partial charge in [0, 0.05) is 6.07 Å². The highest BCUT2D eigenvalue weighted by atomic mass is 16.6. The molecule has 1 amide bonds. The van der Waals surface area contributed by atoms with Crippen molar-refractivity contribution in [1.29, 1.82) is 0 Å². The van der Waals surface area contributed by atoms with Gasteiger partial charge in [-0.3, -0.25) is 14.9 Å². The van der Waals surface area contributed by atoms with Crippen LogP contribution in [0.2, 0.25) is 0 Å². The first kappa shape index (κ1) is 13.9. The number of hydrogen-bond acceptors (Lipinski definition) is 5. The number of nitro benzene ring substituents is 1. The van der Waals surface area contributed by atoms with E-state index in [0.29, 0.717) is 12.0 Å². The first-order chi connectivity index (χ1) is 8.49. The molecule has 7 nitrogen and oxygen atoms in total. The van der Waals surface area contributed by atoms with Gasteiger partial charge in [-0.15, -0.1) is 0 Å². The molecule has 98 valence electrons. The van der Waals surface area contributed by atoms with E-state index in [2.05, 4.69) is 0 Å². The molecule has 7 heteroatoms. The van der Waals surface area contributed by atoms with Crippen LogP contribution in [0.15, 0.2) is 18.2 Å². The maximum Gasteiger partial charge on any atom is 0.311 e. The van der Waals surface area contributed by atoms with E-state index in [1.54, 1.807) is 6.92 Å². The first-order valence-corrected chi connectivity index (χ1v) is 5.33. The van der Waals surface area contributed by atoms with Gasteiger partial charge in [0.25, 0.3) is 5.91 Å². The number of rotatable bonds is 6. The van der Waals surface area contributed by atoms with Crippen LogP contribution in [0.4, 0.5) is 5.69 Å². The van der Waals surface area contributed by atoms with Crippen LogP contribution in [-0.2, 0) is 11.4 Å². The summed E-state index contributed by atoms with van der Waals surface area (Å²) in [6.45, 7) is 1.37. The number of nitrogens with two attached hydrogens (primary N) is 1. The van der Waals surface area contributed by atoms with Crippen LogP contribution >= 0.6 is 0 Å². The van der Waals surface area contributed by atoms with E-state index in [1.807, 2.05) is 0 Å². The van der Waals surface area contributed by atoms with Crippen LogP contribution < -0.4 is 10.5 Å². The predicted octanol–water partition coefficient (Wildman–Crippen LogP) is 0.730. The minimum atomic E-state index is -0.913. The number of ether oxygens (including phenoxy) is 1. The third-order valence-corrected chi connectivity index (χ3v) is 2.36. The molecular formula is C11H14N2O5. The monoisotopic (exact) mass is 254 g/mol. The predicted molar refractivity (Wildman–Crippen MR) is 62.9 cm³/mol. The molecule has 0 aliphatic carbocycles. The van der Waals surface area contributed by atoms with Gasteiger partial charge in [-0.2, -0.15) is 0 Å². The average molecular weight is 254 g/mol. The van der Waals surface area contributed by atoms with Crippen molar-refractivity contribution >= 4 is 11.6 Å². The summed E-state index contributed by atoms with van der Waals surface area (Å²) in [4.78, 5) is 21.2. The Balaban J connectivity index is 3.08. The van der Waals surface area contributed by atoms with Gasteiger partial charge in [0.2, 0.25) is 0 Å². The lowest BCUT2D eigenvalue weighted by atomic mass is 10.2. The molecule has 0 saturated heterocycles. The number of nitro groups is 1. The minimum absolute atomic E-state index is 0.0390. The minimum Gasteiger partial charge on any atom is -0.473 e. The van der Waals surface area contributed by atoms with Crippen molar-refractivity contribution in [2.24, 2.45) is 5.73 Å². The maximum absolute atomic E-state index is 11.0. The number of benzene rings is 1. The van der Waals surface area contributed by atoms with E-state index in [1.165, 1.54) is 18.2 Å². The molecule has 0 saturated carbocycles. The summed E-state index contributed by atoms with van der Waals surface area (Å²) in [6.07, 6.45) is -0.600. The van der Waals surface area contributed by atoms with Gasteiger partial charge in [0.1, 0.15) is 0 Å². The zero-order valence-electron chi connectivity index (χ0n) is 9.83. The standard InChI is InChI=1S/C11H14N2O5/c1-2-9(11(12)15)18-10-4-3-7(6-14)5-8(10)13(16)17/h3-5,9,14H,2,6H2,1H3,(H2,12,15). The lowest BCUT2D eigenvalue weighted by Crippen LogP contribution is -2.33. The van der Waals surface area contributed by atoms with Crippen LogP contribution in [0.1, 0.15) is 18.9 Å². The molecule has 3 N–H and O–H groups in total. The van der Waals surface area contributed by atoms with E-state index in [0.717, 1.165) is 0 Å². The van der Waals surface area contributed by atoms with Gasteiger partial charge in [0.15, 0.2) is 11.9 Å². The van der Waals surface area contributed by atoms with Crippen LogP contribution in [0, 0.1) is 10.1 Å². The number of aliphatic hydroxyl groups excluding tert-OH is 1. The van der Waals surface area contributed by atoms with Crippen LogP contribution in [0.25, 0.3) is 0 Å². The largest absolute Gasteiger partial charge is 0.473 e. The summed E-state index contributed by atoms with van der Waals surface area (Å²) in [7, 11) is 0. The molecule has 0 aliphatic rings. The lowest BCUT2D eigenvalue weighted by molar-refractivity contribution is -0.386. The molecule has 0 fully saturated rings. The van der Waals surface area contributed by atoms with Crippen LogP contribution in [0.5, 0.6) is 5.75 Å². The van der Waals surface area contributed by atoms with Gasteiger partial charge in [-0.05, 0) is 18.1 Å². The van der Waals surface area contributed by atoms with Gasteiger partial charge >= 0.3 is 5.69 Å². The average Bonchev–Trinajstić information content (AvgIpc) is 2.35. The van der Waals surface area contributed by atoms with Crippen molar-refractivity contribution in [3.05, 3.63) is 33.9 Å². The summed E-state index contributed by atoms with van der Waals surface area (Å²) in [5.74, 6) is -0.721. The maximum atomic E-state index is 11.0. The molecule has 0 radical (unpaired) electrons.